The minimum atomic E-state index is -0.125. The highest BCUT2D eigenvalue weighted by Crippen LogP contribution is 2.29. The predicted molar refractivity (Wildman–Crippen MR) is 124 cm³/mol. The molecule has 0 bridgehead atoms. The van der Waals surface area contributed by atoms with Gasteiger partial charge in [0.2, 0.25) is 0 Å². The van der Waals surface area contributed by atoms with Gasteiger partial charge in [0.15, 0.2) is 11.5 Å². The van der Waals surface area contributed by atoms with Gasteiger partial charge in [-0.05, 0) is 30.3 Å². The van der Waals surface area contributed by atoms with Crippen molar-refractivity contribution in [1.82, 2.24) is 14.8 Å². The highest BCUT2D eigenvalue weighted by molar-refractivity contribution is 7.13. The van der Waals surface area contributed by atoms with Gasteiger partial charge in [0.1, 0.15) is 10.7 Å². The second-order valence-electron chi connectivity index (χ2n) is 7.20. The Morgan fingerprint density at radius 2 is 1.53 bits per heavy atom. The number of piperazine rings is 1. The van der Waals surface area contributed by atoms with Gasteiger partial charge in [0, 0.05) is 47.7 Å². The van der Waals surface area contributed by atoms with E-state index in [9.17, 15) is 9.59 Å². The molecule has 2 aromatic carbocycles. The maximum absolute atomic E-state index is 12.9. The lowest BCUT2D eigenvalue weighted by Crippen LogP contribution is -2.50. The minimum absolute atomic E-state index is 0.100. The number of ether oxygens (including phenoxy) is 2. The van der Waals surface area contributed by atoms with E-state index in [2.05, 4.69) is 4.98 Å². The summed E-state index contributed by atoms with van der Waals surface area (Å²) >= 11 is 7.36. The molecule has 1 aliphatic rings. The standard InChI is InChI=1S/C23H22ClN3O4S/c1-30-19-8-5-16(13-20(19)31-2)22(28)26-9-11-27(12-10-26)23(29)18-14-32-21(25-18)15-3-6-17(24)7-4-15/h3-8,13-14H,9-12H2,1-2H3. The summed E-state index contributed by atoms with van der Waals surface area (Å²) in [4.78, 5) is 33.8. The zero-order valence-electron chi connectivity index (χ0n) is 17.7. The number of hydrogen-bond acceptors (Lipinski definition) is 6. The fourth-order valence-electron chi connectivity index (χ4n) is 3.52. The Kier molecular flexibility index (Phi) is 6.62. The number of benzene rings is 2. The highest BCUT2D eigenvalue weighted by atomic mass is 35.5. The number of halogens is 1. The second kappa shape index (κ2) is 9.58. The maximum atomic E-state index is 12.9. The third-order valence-corrected chi connectivity index (χ3v) is 6.44. The first-order valence-corrected chi connectivity index (χ1v) is 11.3. The fourth-order valence-corrected chi connectivity index (χ4v) is 4.45. The summed E-state index contributed by atoms with van der Waals surface area (Å²) in [5, 5.41) is 3.20. The number of nitrogens with zero attached hydrogens (tertiary/aromatic N) is 3. The average molecular weight is 472 g/mol. The van der Waals surface area contributed by atoms with Crippen LogP contribution in [-0.2, 0) is 0 Å². The summed E-state index contributed by atoms with van der Waals surface area (Å²) in [6.45, 7) is 1.80. The molecule has 0 N–H and O–H groups in total. The lowest BCUT2D eigenvalue weighted by Gasteiger charge is -2.34. The third kappa shape index (κ3) is 4.56. The Hall–Kier alpha value is -3.10. The molecule has 32 heavy (non-hydrogen) atoms. The highest BCUT2D eigenvalue weighted by Gasteiger charge is 2.27. The van der Waals surface area contributed by atoms with E-state index in [1.807, 2.05) is 12.1 Å². The molecule has 2 amide bonds. The first kappa shape index (κ1) is 22.1. The molecule has 0 aliphatic carbocycles. The lowest BCUT2D eigenvalue weighted by atomic mass is 10.1. The fraction of sp³-hybridized carbons (Fsp3) is 0.261. The van der Waals surface area contributed by atoms with Crippen molar-refractivity contribution in [2.45, 2.75) is 0 Å². The first-order chi connectivity index (χ1) is 15.5. The Morgan fingerprint density at radius 1 is 0.906 bits per heavy atom. The molecule has 9 heteroatoms. The molecule has 1 aromatic heterocycles. The van der Waals surface area contributed by atoms with Gasteiger partial charge in [-0.3, -0.25) is 9.59 Å². The molecule has 3 aromatic rings. The van der Waals surface area contributed by atoms with Gasteiger partial charge in [-0.25, -0.2) is 4.98 Å². The molecule has 0 atom stereocenters. The minimum Gasteiger partial charge on any atom is -0.493 e. The molecule has 1 saturated heterocycles. The van der Waals surface area contributed by atoms with Crippen LogP contribution in [0.2, 0.25) is 5.02 Å². The van der Waals surface area contributed by atoms with Crippen LogP contribution in [-0.4, -0.2) is 67.0 Å². The van der Waals surface area contributed by atoms with E-state index < -0.39 is 0 Å². The number of methoxy groups -OCH3 is 2. The van der Waals surface area contributed by atoms with Crippen molar-refractivity contribution >= 4 is 34.8 Å². The quantitative estimate of drug-likeness (QED) is 0.560. The van der Waals surface area contributed by atoms with Crippen molar-refractivity contribution in [3.63, 3.8) is 0 Å². The van der Waals surface area contributed by atoms with Gasteiger partial charge in [0.05, 0.1) is 14.2 Å². The molecular formula is C23H22ClN3O4S. The number of carbonyl (C=O) groups is 2. The van der Waals surface area contributed by atoms with Gasteiger partial charge in [0.25, 0.3) is 11.8 Å². The van der Waals surface area contributed by atoms with Crippen LogP contribution in [0.4, 0.5) is 0 Å². The molecule has 0 saturated carbocycles. The van der Waals surface area contributed by atoms with E-state index in [4.69, 9.17) is 21.1 Å². The maximum Gasteiger partial charge on any atom is 0.273 e. The van der Waals surface area contributed by atoms with Crippen LogP contribution in [0.15, 0.2) is 47.8 Å². The monoisotopic (exact) mass is 471 g/mol. The smallest absolute Gasteiger partial charge is 0.273 e. The van der Waals surface area contributed by atoms with Crippen LogP contribution in [0.3, 0.4) is 0 Å². The zero-order chi connectivity index (χ0) is 22.7. The normalized spacial score (nSPS) is 13.7. The van der Waals surface area contributed by atoms with Gasteiger partial charge >= 0.3 is 0 Å². The summed E-state index contributed by atoms with van der Waals surface area (Å²) in [6.07, 6.45) is 0. The largest absolute Gasteiger partial charge is 0.493 e. The topological polar surface area (TPSA) is 72.0 Å². The summed E-state index contributed by atoms with van der Waals surface area (Å²) in [5.74, 6) is 0.851. The van der Waals surface area contributed by atoms with Crippen LogP contribution in [0.5, 0.6) is 11.5 Å². The number of hydrogen-bond donors (Lipinski definition) is 0. The third-order valence-electron chi connectivity index (χ3n) is 5.30. The van der Waals surface area contributed by atoms with E-state index in [1.165, 1.54) is 18.4 Å². The second-order valence-corrected chi connectivity index (χ2v) is 8.49. The number of thiazole rings is 1. The molecule has 0 spiro atoms. The van der Waals surface area contributed by atoms with E-state index in [-0.39, 0.29) is 11.8 Å². The van der Waals surface area contributed by atoms with Gasteiger partial charge in [-0.1, -0.05) is 23.7 Å². The molecule has 4 rings (SSSR count). The molecule has 0 radical (unpaired) electrons. The van der Waals surface area contributed by atoms with Crippen LogP contribution in [0.1, 0.15) is 20.8 Å². The Labute approximate surface area is 195 Å². The van der Waals surface area contributed by atoms with Crippen molar-refractivity contribution in [3.05, 3.63) is 64.1 Å². The van der Waals surface area contributed by atoms with Crippen molar-refractivity contribution in [3.8, 4) is 22.1 Å². The first-order valence-electron chi connectivity index (χ1n) is 10.0. The van der Waals surface area contributed by atoms with Crippen molar-refractivity contribution < 1.29 is 19.1 Å². The summed E-state index contributed by atoms with van der Waals surface area (Å²) in [6, 6.07) is 12.5. The van der Waals surface area contributed by atoms with Gasteiger partial charge in [-0.2, -0.15) is 0 Å². The van der Waals surface area contributed by atoms with Crippen molar-refractivity contribution in [2.75, 3.05) is 40.4 Å². The number of amides is 2. The predicted octanol–water partition coefficient (Wildman–Crippen LogP) is 4.08. The van der Waals surface area contributed by atoms with Crippen LogP contribution in [0.25, 0.3) is 10.6 Å². The molecule has 166 valence electrons. The summed E-state index contributed by atoms with van der Waals surface area (Å²) in [7, 11) is 3.09. The van der Waals surface area contributed by atoms with E-state index in [0.29, 0.717) is 54.0 Å². The SMILES string of the molecule is COc1ccc(C(=O)N2CCN(C(=O)c3csc(-c4ccc(Cl)cc4)n3)CC2)cc1OC. The number of carbonyl (C=O) groups excluding carboxylic acids is 2. The average Bonchev–Trinajstić information content (AvgIpc) is 3.33. The molecule has 7 nitrogen and oxygen atoms in total. The van der Waals surface area contributed by atoms with E-state index in [1.54, 1.807) is 52.6 Å². The zero-order valence-corrected chi connectivity index (χ0v) is 19.3. The number of aromatic nitrogens is 1. The molecule has 1 aliphatic heterocycles. The molecule has 2 heterocycles. The van der Waals surface area contributed by atoms with Crippen LogP contribution in [0, 0.1) is 0 Å². The molecule has 0 unspecified atom stereocenters. The van der Waals surface area contributed by atoms with Gasteiger partial charge < -0.3 is 19.3 Å². The molecule has 1 fully saturated rings. The van der Waals surface area contributed by atoms with Crippen molar-refractivity contribution in [2.24, 2.45) is 0 Å². The Balaban J connectivity index is 1.39. The Morgan fingerprint density at radius 3 is 2.16 bits per heavy atom. The number of rotatable bonds is 5. The Bertz CT molecular complexity index is 1120. The van der Waals surface area contributed by atoms with E-state index >= 15 is 0 Å². The van der Waals surface area contributed by atoms with Crippen molar-refractivity contribution in [1.29, 1.82) is 0 Å². The van der Waals surface area contributed by atoms with Crippen LogP contribution >= 0.6 is 22.9 Å². The van der Waals surface area contributed by atoms with Crippen LogP contribution < -0.4 is 9.47 Å². The van der Waals surface area contributed by atoms with Gasteiger partial charge in [-0.15, -0.1) is 11.3 Å². The lowest BCUT2D eigenvalue weighted by molar-refractivity contribution is 0.0532. The summed E-state index contributed by atoms with van der Waals surface area (Å²) in [5.41, 5.74) is 1.86. The molecular weight excluding hydrogens is 450 g/mol. The van der Waals surface area contributed by atoms with E-state index in [0.717, 1.165) is 10.6 Å². The summed E-state index contributed by atoms with van der Waals surface area (Å²) < 4.78 is 10.5.